The van der Waals surface area contributed by atoms with E-state index in [9.17, 15) is 4.79 Å². The highest BCUT2D eigenvalue weighted by Crippen LogP contribution is 2.31. The Balaban J connectivity index is 1.40. The summed E-state index contributed by atoms with van der Waals surface area (Å²) in [5, 5.41) is 8.88. The molecule has 5 nitrogen and oxygen atoms in total. The standard InChI is InChI=1S/C34H28N2O3S/c1-24-22-29(16-17-33(24)39-23-34(37)38)40-21-18-30(25-8-12-27(13-9-25)31-6-2-4-19-35-31)26-10-14-28(15-11-26)32-7-3-5-20-36-32/h2-20,22H,21,23H2,1H3,(H,37,38). The van der Waals surface area contributed by atoms with Crippen LogP contribution in [-0.4, -0.2) is 33.4 Å². The van der Waals surface area contributed by atoms with E-state index in [0.717, 1.165) is 55.4 Å². The van der Waals surface area contributed by atoms with Gasteiger partial charge in [-0.25, -0.2) is 4.79 Å². The third kappa shape index (κ3) is 6.84. The SMILES string of the molecule is Cc1cc(SCC=C(c2ccc(-c3ccccn3)cc2)c2ccc(-c3ccccn3)cc2)ccc1OCC(=O)O. The van der Waals surface area contributed by atoms with Crippen LogP contribution in [0.5, 0.6) is 5.75 Å². The lowest BCUT2D eigenvalue weighted by molar-refractivity contribution is -0.139. The lowest BCUT2D eigenvalue weighted by Crippen LogP contribution is -2.09. The van der Waals surface area contributed by atoms with Gasteiger partial charge in [-0.15, -0.1) is 11.8 Å². The molecular formula is C34H28N2O3S. The number of aromatic nitrogens is 2. The Bertz CT molecular complexity index is 1520. The van der Waals surface area contributed by atoms with Gasteiger partial charge in [0.1, 0.15) is 5.75 Å². The molecule has 0 aliphatic rings. The van der Waals surface area contributed by atoms with Crippen LogP contribution in [0.1, 0.15) is 16.7 Å². The second-order valence-electron chi connectivity index (χ2n) is 9.12. The summed E-state index contributed by atoms with van der Waals surface area (Å²) < 4.78 is 5.37. The molecule has 0 bridgehead atoms. The van der Waals surface area contributed by atoms with Crippen molar-refractivity contribution >= 4 is 23.3 Å². The highest BCUT2D eigenvalue weighted by Gasteiger charge is 2.09. The highest BCUT2D eigenvalue weighted by atomic mass is 32.2. The first kappa shape index (κ1) is 26.9. The van der Waals surface area contributed by atoms with Crippen LogP contribution in [0, 0.1) is 6.92 Å². The maximum absolute atomic E-state index is 10.8. The number of nitrogens with zero attached hydrogens (tertiary/aromatic N) is 2. The smallest absolute Gasteiger partial charge is 0.341 e. The third-order valence-electron chi connectivity index (χ3n) is 6.35. The summed E-state index contributed by atoms with van der Waals surface area (Å²) in [6.45, 7) is 1.58. The van der Waals surface area contributed by atoms with Gasteiger partial charge in [0.15, 0.2) is 6.61 Å². The Morgan fingerprint density at radius 2 is 1.38 bits per heavy atom. The largest absolute Gasteiger partial charge is 0.482 e. The zero-order valence-corrected chi connectivity index (χ0v) is 22.8. The van der Waals surface area contributed by atoms with Crippen LogP contribution in [0.3, 0.4) is 0 Å². The predicted molar refractivity (Wildman–Crippen MR) is 161 cm³/mol. The van der Waals surface area contributed by atoms with Crippen molar-refractivity contribution in [3.63, 3.8) is 0 Å². The van der Waals surface area contributed by atoms with Crippen molar-refractivity contribution in [1.29, 1.82) is 0 Å². The number of rotatable bonds is 10. The molecule has 0 radical (unpaired) electrons. The maximum atomic E-state index is 10.8. The first-order valence-corrected chi connectivity index (χ1v) is 13.9. The number of carboxylic acid groups (broad SMARTS) is 1. The fourth-order valence-corrected chi connectivity index (χ4v) is 5.21. The van der Waals surface area contributed by atoms with Crippen LogP contribution in [0.2, 0.25) is 0 Å². The molecule has 0 aliphatic carbocycles. The summed E-state index contributed by atoms with van der Waals surface area (Å²) in [6, 6.07) is 34.7. The van der Waals surface area contributed by atoms with E-state index in [2.05, 4.69) is 64.6 Å². The molecule has 40 heavy (non-hydrogen) atoms. The van der Waals surface area contributed by atoms with Crippen molar-refractivity contribution in [2.75, 3.05) is 12.4 Å². The summed E-state index contributed by atoms with van der Waals surface area (Å²) in [6.07, 6.45) is 5.86. The van der Waals surface area contributed by atoms with Gasteiger partial charge in [0.2, 0.25) is 0 Å². The summed E-state index contributed by atoms with van der Waals surface area (Å²) in [4.78, 5) is 20.9. The molecule has 0 fully saturated rings. The van der Waals surface area contributed by atoms with Crippen molar-refractivity contribution in [2.24, 2.45) is 0 Å². The Hall–Kier alpha value is -4.68. The Morgan fingerprint density at radius 1 is 0.800 bits per heavy atom. The number of aryl methyl sites for hydroxylation is 1. The molecule has 5 rings (SSSR count). The number of carboxylic acids is 1. The second-order valence-corrected chi connectivity index (χ2v) is 10.2. The van der Waals surface area contributed by atoms with E-state index in [1.165, 1.54) is 0 Å². The topological polar surface area (TPSA) is 72.3 Å². The summed E-state index contributed by atoms with van der Waals surface area (Å²) in [5.41, 5.74) is 8.34. The normalized spacial score (nSPS) is 10.6. The molecule has 6 heteroatoms. The molecule has 3 aromatic carbocycles. The number of thioether (sulfide) groups is 1. The quantitative estimate of drug-likeness (QED) is 0.181. The van der Waals surface area contributed by atoms with Gasteiger partial charge in [-0.05, 0) is 71.7 Å². The van der Waals surface area contributed by atoms with E-state index in [1.54, 1.807) is 11.8 Å². The van der Waals surface area contributed by atoms with Crippen molar-refractivity contribution in [2.45, 2.75) is 11.8 Å². The van der Waals surface area contributed by atoms with Gasteiger partial charge in [-0.1, -0.05) is 66.7 Å². The van der Waals surface area contributed by atoms with Crippen molar-refractivity contribution in [3.8, 4) is 28.3 Å². The summed E-state index contributed by atoms with van der Waals surface area (Å²) in [7, 11) is 0. The molecular weight excluding hydrogens is 516 g/mol. The zero-order valence-electron chi connectivity index (χ0n) is 22.0. The van der Waals surface area contributed by atoms with Gasteiger partial charge in [0.25, 0.3) is 0 Å². The molecule has 0 unspecified atom stereocenters. The average Bonchev–Trinajstić information content (AvgIpc) is 3.00. The van der Waals surface area contributed by atoms with E-state index in [0.29, 0.717) is 5.75 Å². The third-order valence-corrected chi connectivity index (χ3v) is 7.27. The zero-order chi connectivity index (χ0) is 27.7. The van der Waals surface area contributed by atoms with Crippen LogP contribution in [0.4, 0.5) is 0 Å². The molecule has 5 aromatic rings. The number of hydrogen-bond donors (Lipinski definition) is 1. The molecule has 0 atom stereocenters. The lowest BCUT2D eigenvalue weighted by atomic mass is 9.95. The number of benzene rings is 3. The molecule has 2 aromatic heterocycles. The first-order chi connectivity index (χ1) is 19.6. The van der Waals surface area contributed by atoms with Crippen LogP contribution < -0.4 is 4.74 Å². The molecule has 2 heterocycles. The monoisotopic (exact) mass is 544 g/mol. The van der Waals surface area contributed by atoms with E-state index in [-0.39, 0.29) is 6.61 Å². The molecule has 198 valence electrons. The van der Waals surface area contributed by atoms with E-state index < -0.39 is 5.97 Å². The number of ether oxygens (including phenoxy) is 1. The molecule has 0 saturated carbocycles. The number of aliphatic carboxylic acids is 1. The number of hydrogen-bond acceptors (Lipinski definition) is 5. The van der Waals surface area contributed by atoms with Crippen molar-refractivity contribution in [3.05, 3.63) is 138 Å². The average molecular weight is 545 g/mol. The highest BCUT2D eigenvalue weighted by molar-refractivity contribution is 7.99. The lowest BCUT2D eigenvalue weighted by Gasteiger charge is -2.12. The molecule has 0 spiro atoms. The van der Waals surface area contributed by atoms with Gasteiger partial charge in [0.05, 0.1) is 11.4 Å². The molecule has 0 aliphatic heterocycles. The first-order valence-electron chi connectivity index (χ1n) is 12.9. The van der Waals surface area contributed by atoms with Crippen LogP contribution >= 0.6 is 11.8 Å². The molecule has 1 N–H and O–H groups in total. The van der Waals surface area contributed by atoms with E-state index >= 15 is 0 Å². The summed E-state index contributed by atoms with van der Waals surface area (Å²) >= 11 is 1.72. The van der Waals surface area contributed by atoms with Gasteiger partial charge in [0, 0.05) is 34.2 Å². The van der Waals surface area contributed by atoms with E-state index in [4.69, 9.17) is 9.84 Å². The van der Waals surface area contributed by atoms with Gasteiger partial charge in [-0.3, -0.25) is 9.97 Å². The Morgan fingerprint density at radius 3 is 1.85 bits per heavy atom. The second kappa shape index (κ2) is 12.9. The predicted octanol–water partition coefficient (Wildman–Crippen LogP) is 7.81. The van der Waals surface area contributed by atoms with Gasteiger partial charge < -0.3 is 9.84 Å². The van der Waals surface area contributed by atoms with Crippen LogP contribution in [0.15, 0.2) is 126 Å². The van der Waals surface area contributed by atoms with Crippen LogP contribution in [0.25, 0.3) is 28.1 Å². The minimum atomic E-state index is -0.989. The minimum Gasteiger partial charge on any atom is -0.482 e. The minimum absolute atomic E-state index is 0.350. The Kier molecular flexibility index (Phi) is 8.69. The number of carbonyl (C=O) groups is 1. The van der Waals surface area contributed by atoms with Crippen LogP contribution in [-0.2, 0) is 4.79 Å². The fraction of sp³-hybridized carbons (Fsp3) is 0.0882. The summed E-state index contributed by atoms with van der Waals surface area (Å²) in [5.74, 6) is 0.356. The fourth-order valence-electron chi connectivity index (χ4n) is 4.34. The number of pyridine rings is 2. The molecule has 0 amide bonds. The van der Waals surface area contributed by atoms with E-state index in [1.807, 2.05) is 73.9 Å². The Labute approximate surface area is 238 Å². The van der Waals surface area contributed by atoms with Gasteiger partial charge in [-0.2, -0.15) is 0 Å². The molecule has 0 saturated heterocycles. The maximum Gasteiger partial charge on any atom is 0.341 e. The van der Waals surface area contributed by atoms with Crippen molar-refractivity contribution < 1.29 is 14.6 Å². The van der Waals surface area contributed by atoms with Crippen molar-refractivity contribution in [1.82, 2.24) is 9.97 Å². The van der Waals surface area contributed by atoms with Gasteiger partial charge >= 0.3 is 5.97 Å².